The summed E-state index contributed by atoms with van der Waals surface area (Å²) >= 11 is 0. The van der Waals surface area contributed by atoms with Crippen LogP contribution in [0.3, 0.4) is 0 Å². The van der Waals surface area contributed by atoms with Gasteiger partial charge in [-0.3, -0.25) is 9.59 Å². The molecular formula is C27H27N3O4. The van der Waals surface area contributed by atoms with Crippen molar-refractivity contribution in [1.82, 2.24) is 15.0 Å². The molecule has 3 aromatic carbocycles. The third kappa shape index (κ3) is 5.38. The average molecular weight is 458 g/mol. The SMILES string of the molecule is Cc1ccc(-c2ccc(CC[C@@H](O)C(CCn3nnc4ccccc4c3=O)C(=O)O)cc2)cc1. The van der Waals surface area contributed by atoms with E-state index < -0.39 is 18.0 Å². The summed E-state index contributed by atoms with van der Waals surface area (Å²) in [7, 11) is 0. The number of aliphatic hydroxyl groups is 1. The molecule has 1 heterocycles. The fraction of sp³-hybridized carbons (Fsp3) is 0.259. The molecule has 174 valence electrons. The van der Waals surface area contributed by atoms with E-state index >= 15 is 0 Å². The summed E-state index contributed by atoms with van der Waals surface area (Å²) in [6, 6.07) is 23.3. The number of nitrogens with zero attached hydrogens (tertiary/aromatic N) is 3. The summed E-state index contributed by atoms with van der Waals surface area (Å²) in [5.41, 5.74) is 4.64. The van der Waals surface area contributed by atoms with Crippen LogP contribution < -0.4 is 5.56 Å². The Kier molecular flexibility index (Phi) is 7.13. The van der Waals surface area contributed by atoms with Crippen molar-refractivity contribution in [2.45, 2.75) is 38.8 Å². The number of aryl methyl sites for hydroxylation is 3. The van der Waals surface area contributed by atoms with Gasteiger partial charge in [-0.15, -0.1) is 5.10 Å². The van der Waals surface area contributed by atoms with Gasteiger partial charge in [0.25, 0.3) is 5.56 Å². The van der Waals surface area contributed by atoms with Crippen molar-refractivity contribution in [2.24, 2.45) is 5.92 Å². The predicted octanol–water partition coefficient (Wildman–Crippen LogP) is 3.85. The highest BCUT2D eigenvalue weighted by atomic mass is 16.4. The van der Waals surface area contributed by atoms with E-state index in [1.807, 2.05) is 24.3 Å². The molecule has 0 saturated heterocycles. The maximum Gasteiger partial charge on any atom is 0.309 e. The molecule has 0 radical (unpaired) electrons. The number of carboxylic acid groups (broad SMARTS) is 1. The highest BCUT2D eigenvalue weighted by Gasteiger charge is 2.26. The highest BCUT2D eigenvalue weighted by Crippen LogP contribution is 2.22. The number of hydrogen-bond acceptors (Lipinski definition) is 5. The van der Waals surface area contributed by atoms with Gasteiger partial charge in [-0.25, -0.2) is 4.68 Å². The van der Waals surface area contributed by atoms with Crippen molar-refractivity contribution in [3.8, 4) is 11.1 Å². The van der Waals surface area contributed by atoms with Crippen LogP contribution in [0.2, 0.25) is 0 Å². The first-order chi connectivity index (χ1) is 16.4. The number of aliphatic carboxylic acids is 1. The third-order valence-corrected chi connectivity index (χ3v) is 6.13. The molecule has 0 spiro atoms. The van der Waals surface area contributed by atoms with Crippen LogP contribution >= 0.6 is 0 Å². The Morgan fingerprint density at radius 1 is 0.941 bits per heavy atom. The topological polar surface area (TPSA) is 105 Å². The van der Waals surface area contributed by atoms with E-state index in [0.717, 1.165) is 21.4 Å². The molecule has 34 heavy (non-hydrogen) atoms. The number of carbonyl (C=O) groups is 1. The molecule has 1 unspecified atom stereocenters. The Bertz CT molecular complexity index is 1330. The van der Waals surface area contributed by atoms with Crippen LogP contribution in [0.25, 0.3) is 22.0 Å². The van der Waals surface area contributed by atoms with Gasteiger partial charge >= 0.3 is 5.97 Å². The Morgan fingerprint density at radius 2 is 1.59 bits per heavy atom. The van der Waals surface area contributed by atoms with Crippen LogP contribution in [0.15, 0.2) is 77.6 Å². The van der Waals surface area contributed by atoms with Crippen LogP contribution in [-0.2, 0) is 17.8 Å². The lowest BCUT2D eigenvalue weighted by atomic mass is 9.93. The molecule has 2 N–H and O–H groups in total. The van der Waals surface area contributed by atoms with Gasteiger partial charge in [-0.2, -0.15) is 0 Å². The van der Waals surface area contributed by atoms with Gasteiger partial charge < -0.3 is 10.2 Å². The molecule has 4 aromatic rings. The smallest absolute Gasteiger partial charge is 0.309 e. The number of aliphatic hydroxyl groups excluding tert-OH is 1. The fourth-order valence-corrected chi connectivity index (χ4v) is 4.04. The molecule has 0 saturated carbocycles. The minimum absolute atomic E-state index is 0.0654. The zero-order valence-corrected chi connectivity index (χ0v) is 19.0. The number of rotatable bonds is 9. The van der Waals surface area contributed by atoms with Crippen molar-refractivity contribution in [1.29, 1.82) is 0 Å². The molecule has 0 aliphatic carbocycles. The standard InChI is InChI=1S/C27H27N3O4/c1-18-6-11-20(12-7-18)21-13-8-19(9-14-21)10-15-25(31)23(27(33)34)16-17-30-26(32)22-4-2-3-5-24(22)28-29-30/h2-9,11-14,23,25,31H,10,15-17H2,1H3,(H,33,34)/t23?,25-/m1/s1. The van der Waals surface area contributed by atoms with Gasteiger partial charge in [0.05, 0.1) is 17.4 Å². The van der Waals surface area contributed by atoms with Crippen molar-refractivity contribution >= 4 is 16.9 Å². The maximum atomic E-state index is 12.6. The lowest BCUT2D eigenvalue weighted by molar-refractivity contribution is -0.146. The minimum atomic E-state index is -1.09. The summed E-state index contributed by atoms with van der Waals surface area (Å²) in [6.07, 6.45) is -0.109. The van der Waals surface area contributed by atoms with E-state index in [0.29, 0.717) is 23.7 Å². The summed E-state index contributed by atoms with van der Waals surface area (Å²) in [5.74, 6) is -2.10. The van der Waals surface area contributed by atoms with E-state index in [-0.39, 0.29) is 18.5 Å². The second kappa shape index (κ2) is 10.4. The molecule has 1 aromatic heterocycles. The minimum Gasteiger partial charge on any atom is -0.481 e. The van der Waals surface area contributed by atoms with E-state index in [1.165, 1.54) is 5.56 Å². The van der Waals surface area contributed by atoms with Crippen LogP contribution in [0, 0.1) is 12.8 Å². The molecule has 0 fully saturated rings. The molecule has 0 amide bonds. The van der Waals surface area contributed by atoms with Crippen LogP contribution in [-0.4, -0.2) is 37.3 Å². The molecule has 0 aliphatic heterocycles. The van der Waals surface area contributed by atoms with Crippen molar-refractivity contribution in [3.63, 3.8) is 0 Å². The number of hydrogen-bond donors (Lipinski definition) is 2. The zero-order chi connectivity index (χ0) is 24.1. The Hall–Kier alpha value is -3.84. The monoisotopic (exact) mass is 457 g/mol. The van der Waals surface area contributed by atoms with Gasteiger partial charge in [0.2, 0.25) is 0 Å². The van der Waals surface area contributed by atoms with Crippen molar-refractivity contribution in [2.75, 3.05) is 0 Å². The van der Waals surface area contributed by atoms with Gasteiger partial charge in [0, 0.05) is 6.54 Å². The van der Waals surface area contributed by atoms with Crippen molar-refractivity contribution in [3.05, 3.63) is 94.3 Å². The maximum absolute atomic E-state index is 12.6. The van der Waals surface area contributed by atoms with E-state index in [1.54, 1.807) is 24.3 Å². The Balaban J connectivity index is 1.37. The lowest BCUT2D eigenvalue weighted by Gasteiger charge is -2.19. The molecule has 7 nitrogen and oxygen atoms in total. The number of carboxylic acids is 1. The van der Waals surface area contributed by atoms with Crippen molar-refractivity contribution < 1.29 is 15.0 Å². The first-order valence-electron chi connectivity index (χ1n) is 11.3. The number of benzene rings is 3. The second-order valence-electron chi connectivity index (χ2n) is 8.54. The number of aromatic nitrogens is 3. The largest absolute Gasteiger partial charge is 0.481 e. The first kappa shape index (κ1) is 23.3. The predicted molar refractivity (Wildman–Crippen MR) is 130 cm³/mol. The Labute approximate surface area is 197 Å². The molecule has 2 atom stereocenters. The third-order valence-electron chi connectivity index (χ3n) is 6.13. The van der Waals surface area contributed by atoms with Gasteiger partial charge in [-0.1, -0.05) is 71.4 Å². The first-order valence-corrected chi connectivity index (χ1v) is 11.3. The number of fused-ring (bicyclic) bond motifs is 1. The van der Waals surface area contributed by atoms with Crippen LogP contribution in [0.5, 0.6) is 0 Å². The van der Waals surface area contributed by atoms with Crippen LogP contribution in [0.1, 0.15) is 24.0 Å². The summed E-state index contributed by atoms with van der Waals surface area (Å²) in [5, 5.41) is 28.6. The molecule has 0 aliphatic rings. The van der Waals surface area contributed by atoms with Gasteiger partial charge in [0.1, 0.15) is 5.52 Å². The van der Waals surface area contributed by atoms with E-state index in [4.69, 9.17) is 0 Å². The molecular weight excluding hydrogens is 430 g/mol. The quantitative estimate of drug-likeness (QED) is 0.396. The zero-order valence-electron chi connectivity index (χ0n) is 19.0. The summed E-state index contributed by atoms with van der Waals surface area (Å²) in [6.45, 7) is 2.12. The van der Waals surface area contributed by atoms with Crippen LogP contribution in [0.4, 0.5) is 0 Å². The Morgan fingerprint density at radius 3 is 2.26 bits per heavy atom. The fourth-order valence-electron chi connectivity index (χ4n) is 4.04. The summed E-state index contributed by atoms with van der Waals surface area (Å²) in [4.78, 5) is 24.4. The second-order valence-corrected chi connectivity index (χ2v) is 8.54. The highest BCUT2D eigenvalue weighted by molar-refractivity contribution is 5.76. The van der Waals surface area contributed by atoms with E-state index in [2.05, 4.69) is 41.5 Å². The lowest BCUT2D eigenvalue weighted by Crippen LogP contribution is -2.32. The molecule has 7 heteroatoms. The van der Waals surface area contributed by atoms with E-state index in [9.17, 15) is 19.8 Å². The average Bonchev–Trinajstić information content (AvgIpc) is 2.85. The van der Waals surface area contributed by atoms with Gasteiger partial charge in [0.15, 0.2) is 0 Å². The molecule has 0 bridgehead atoms. The van der Waals surface area contributed by atoms with Gasteiger partial charge in [-0.05, 0) is 55.0 Å². The normalized spacial score (nSPS) is 13.0. The molecule has 4 rings (SSSR count). The summed E-state index contributed by atoms with van der Waals surface area (Å²) < 4.78 is 1.16.